The molecule has 0 saturated carbocycles. The predicted octanol–water partition coefficient (Wildman–Crippen LogP) is 2.14. The Labute approximate surface area is 114 Å². The van der Waals surface area contributed by atoms with Crippen molar-refractivity contribution in [1.82, 2.24) is 14.9 Å². The van der Waals surface area contributed by atoms with Crippen molar-refractivity contribution in [2.75, 3.05) is 31.6 Å². The van der Waals surface area contributed by atoms with Gasteiger partial charge >= 0.3 is 0 Å². The second-order valence-electron chi connectivity index (χ2n) is 4.83. The van der Waals surface area contributed by atoms with Crippen LogP contribution in [-0.2, 0) is 5.88 Å². The van der Waals surface area contributed by atoms with E-state index in [0.29, 0.717) is 11.9 Å². The molecule has 1 saturated heterocycles. The minimum Gasteiger partial charge on any atom is -0.342 e. The number of hydrogen-bond donors (Lipinski definition) is 0. The van der Waals surface area contributed by atoms with Gasteiger partial charge in [0.25, 0.3) is 0 Å². The molecule has 2 rings (SSSR count). The quantitative estimate of drug-likeness (QED) is 0.766. The van der Waals surface area contributed by atoms with Crippen LogP contribution in [0.4, 0.5) is 5.95 Å². The Balaban J connectivity index is 1.95. The largest absolute Gasteiger partial charge is 0.342 e. The summed E-state index contributed by atoms with van der Waals surface area (Å²) in [6.07, 6.45) is 6.19. The number of rotatable bonds is 5. The second kappa shape index (κ2) is 6.34. The van der Waals surface area contributed by atoms with Gasteiger partial charge in [-0.3, -0.25) is 4.90 Å². The second-order valence-corrected chi connectivity index (χ2v) is 5.10. The molecule has 1 fully saturated rings. The maximum atomic E-state index is 5.73. The summed E-state index contributed by atoms with van der Waals surface area (Å²) in [6.45, 7) is 5.57. The number of alkyl halides is 1. The van der Waals surface area contributed by atoms with E-state index in [4.69, 9.17) is 11.6 Å². The Morgan fingerprint density at radius 1 is 1.44 bits per heavy atom. The molecule has 1 aromatic heterocycles. The Kier molecular flexibility index (Phi) is 4.78. The summed E-state index contributed by atoms with van der Waals surface area (Å²) in [5.74, 6) is 1.25. The van der Waals surface area contributed by atoms with E-state index in [1.807, 2.05) is 0 Å². The lowest BCUT2D eigenvalue weighted by Gasteiger charge is -2.27. The Morgan fingerprint density at radius 2 is 2.17 bits per heavy atom. The van der Waals surface area contributed by atoms with Crippen LogP contribution in [0, 0.1) is 0 Å². The van der Waals surface area contributed by atoms with Crippen molar-refractivity contribution >= 4 is 17.5 Å². The third kappa shape index (κ3) is 3.12. The lowest BCUT2D eigenvalue weighted by atomic mass is 10.2. The van der Waals surface area contributed by atoms with Crippen LogP contribution in [0.25, 0.3) is 0 Å². The third-order valence-electron chi connectivity index (χ3n) is 3.58. The van der Waals surface area contributed by atoms with E-state index in [-0.39, 0.29) is 0 Å². The van der Waals surface area contributed by atoms with Gasteiger partial charge in [0.2, 0.25) is 5.95 Å². The van der Waals surface area contributed by atoms with E-state index < -0.39 is 0 Å². The van der Waals surface area contributed by atoms with Crippen molar-refractivity contribution < 1.29 is 0 Å². The molecular formula is C13H21ClN4. The molecule has 18 heavy (non-hydrogen) atoms. The van der Waals surface area contributed by atoms with Crippen LogP contribution >= 0.6 is 11.6 Å². The van der Waals surface area contributed by atoms with Crippen LogP contribution in [-0.4, -0.2) is 47.6 Å². The van der Waals surface area contributed by atoms with Gasteiger partial charge in [0, 0.05) is 37.6 Å². The normalized spacial score (nSPS) is 20.3. The van der Waals surface area contributed by atoms with Gasteiger partial charge in [0.05, 0.1) is 5.88 Å². The summed E-state index contributed by atoms with van der Waals surface area (Å²) in [7, 11) is 2.06. The molecule has 0 bridgehead atoms. The fourth-order valence-corrected chi connectivity index (χ4v) is 2.67. The van der Waals surface area contributed by atoms with Crippen molar-refractivity contribution in [2.45, 2.75) is 31.7 Å². The fourth-order valence-electron chi connectivity index (χ4n) is 2.53. The minimum absolute atomic E-state index is 0.468. The van der Waals surface area contributed by atoms with Crippen LogP contribution in [0.5, 0.6) is 0 Å². The highest BCUT2D eigenvalue weighted by atomic mass is 35.5. The number of nitrogens with zero attached hydrogens (tertiary/aromatic N) is 4. The number of likely N-dealkylation sites (N-methyl/N-ethyl adjacent to an activating group) is 2. The molecule has 1 aliphatic rings. The Morgan fingerprint density at radius 3 is 2.78 bits per heavy atom. The molecular weight excluding hydrogens is 248 g/mol. The summed E-state index contributed by atoms with van der Waals surface area (Å²) in [6, 6.07) is 0.635. The molecule has 0 spiro atoms. The average molecular weight is 269 g/mol. The van der Waals surface area contributed by atoms with Crippen LogP contribution in [0.15, 0.2) is 12.4 Å². The van der Waals surface area contributed by atoms with Crippen molar-refractivity contribution in [3.63, 3.8) is 0 Å². The van der Waals surface area contributed by atoms with E-state index >= 15 is 0 Å². The number of likely N-dealkylation sites (tertiary alicyclic amines) is 1. The van der Waals surface area contributed by atoms with Gasteiger partial charge in [0.15, 0.2) is 0 Å². The van der Waals surface area contributed by atoms with Gasteiger partial charge in [-0.25, -0.2) is 9.97 Å². The van der Waals surface area contributed by atoms with Gasteiger partial charge in [0.1, 0.15) is 0 Å². The van der Waals surface area contributed by atoms with Crippen LogP contribution < -0.4 is 4.90 Å². The summed E-state index contributed by atoms with van der Waals surface area (Å²) in [4.78, 5) is 13.4. The number of aromatic nitrogens is 2. The van der Waals surface area contributed by atoms with Crippen LogP contribution in [0.3, 0.4) is 0 Å². The molecule has 1 aromatic rings. The number of anilines is 1. The minimum atomic E-state index is 0.468. The zero-order valence-corrected chi connectivity index (χ0v) is 11.9. The first-order valence-electron chi connectivity index (χ1n) is 6.56. The van der Waals surface area contributed by atoms with Gasteiger partial charge in [-0.05, 0) is 25.9 Å². The Hall–Kier alpha value is -0.870. The zero-order chi connectivity index (χ0) is 13.0. The topological polar surface area (TPSA) is 32.3 Å². The summed E-state index contributed by atoms with van der Waals surface area (Å²) >= 11 is 5.73. The van der Waals surface area contributed by atoms with E-state index in [1.165, 1.54) is 19.4 Å². The van der Waals surface area contributed by atoms with E-state index in [1.54, 1.807) is 12.4 Å². The highest BCUT2D eigenvalue weighted by Crippen LogP contribution is 2.18. The molecule has 2 heterocycles. The molecule has 0 radical (unpaired) electrons. The molecule has 4 nitrogen and oxygen atoms in total. The van der Waals surface area contributed by atoms with E-state index in [2.05, 4.69) is 33.7 Å². The van der Waals surface area contributed by atoms with Gasteiger partial charge < -0.3 is 4.90 Å². The highest BCUT2D eigenvalue weighted by Gasteiger charge is 2.24. The lowest BCUT2D eigenvalue weighted by Crippen LogP contribution is -2.39. The fraction of sp³-hybridized carbons (Fsp3) is 0.692. The molecule has 100 valence electrons. The average Bonchev–Trinajstić information content (AvgIpc) is 2.86. The van der Waals surface area contributed by atoms with Gasteiger partial charge in [-0.1, -0.05) is 6.92 Å². The number of halogens is 1. The first-order valence-corrected chi connectivity index (χ1v) is 7.10. The van der Waals surface area contributed by atoms with Crippen molar-refractivity contribution in [2.24, 2.45) is 0 Å². The molecule has 0 amide bonds. The maximum Gasteiger partial charge on any atom is 0.225 e. The third-order valence-corrected chi connectivity index (χ3v) is 3.89. The molecule has 1 atom stereocenters. The van der Waals surface area contributed by atoms with Crippen LogP contribution in [0.2, 0.25) is 0 Å². The monoisotopic (exact) mass is 268 g/mol. The van der Waals surface area contributed by atoms with Crippen molar-refractivity contribution in [1.29, 1.82) is 0 Å². The van der Waals surface area contributed by atoms with Gasteiger partial charge in [-0.2, -0.15) is 0 Å². The molecule has 1 unspecified atom stereocenters. The standard InChI is InChI=1S/C13H21ClN4/c1-3-18-6-4-5-12(18)10-17(2)13-15-8-11(7-14)9-16-13/h8-9,12H,3-7,10H2,1-2H3. The van der Waals surface area contributed by atoms with Gasteiger partial charge in [-0.15, -0.1) is 11.6 Å². The van der Waals surface area contributed by atoms with E-state index in [9.17, 15) is 0 Å². The highest BCUT2D eigenvalue weighted by molar-refractivity contribution is 6.17. The molecule has 0 N–H and O–H groups in total. The SMILES string of the molecule is CCN1CCCC1CN(C)c1ncc(CCl)cn1. The van der Waals surface area contributed by atoms with Crippen molar-refractivity contribution in [3.05, 3.63) is 18.0 Å². The molecule has 1 aliphatic heterocycles. The van der Waals surface area contributed by atoms with Crippen LogP contribution in [0.1, 0.15) is 25.3 Å². The summed E-state index contributed by atoms with van der Waals surface area (Å²) in [5.41, 5.74) is 0.963. The summed E-state index contributed by atoms with van der Waals surface area (Å²) in [5, 5.41) is 0. The smallest absolute Gasteiger partial charge is 0.225 e. The number of hydrogen-bond acceptors (Lipinski definition) is 4. The Bertz CT molecular complexity index is 368. The maximum absolute atomic E-state index is 5.73. The van der Waals surface area contributed by atoms with E-state index in [0.717, 1.165) is 24.6 Å². The lowest BCUT2D eigenvalue weighted by molar-refractivity contribution is 0.270. The van der Waals surface area contributed by atoms with Crippen molar-refractivity contribution in [3.8, 4) is 0 Å². The first kappa shape index (κ1) is 13.6. The molecule has 0 aromatic carbocycles. The molecule has 5 heteroatoms. The predicted molar refractivity (Wildman–Crippen MR) is 75.1 cm³/mol. The first-order chi connectivity index (χ1) is 8.74. The summed E-state index contributed by atoms with van der Waals surface area (Å²) < 4.78 is 0. The zero-order valence-electron chi connectivity index (χ0n) is 11.1. The molecule has 0 aliphatic carbocycles.